The third-order valence-electron chi connectivity index (χ3n) is 3.51. The minimum Gasteiger partial charge on any atom is -0.508 e. The van der Waals surface area contributed by atoms with Crippen LogP contribution in [-0.4, -0.2) is 32.8 Å². The quantitative estimate of drug-likeness (QED) is 0.539. The zero-order valence-corrected chi connectivity index (χ0v) is 12.2. The molecular formula is C17H12O7. The first-order valence-corrected chi connectivity index (χ1v) is 6.88. The maximum Gasteiger partial charge on any atom is 0.208 e. The largest absolute Gasteiger partial charge is 0.508 e. The van der Waals surface area contributed by atoms with Crippen molar-refractivity contribution in [1.29, 1.82) is 0 Å². The molecule has 0 bridgehead atoms. The number of rotatable bonds is 3. The van der Waals surface area contributed by atoms with Crippen molar-refractivity contribution in [2.75, 3.05) is 6.61 Å². The third-order valence-corrected chi connectivity index (χ3v) is 3.51. The highest BCUT2D eigenvalue weighted by Crippen LogP contribution is 2.33. The van der Waals surface area contributed by atoms with Crippen LogP contribution in [0.1, 0.15) is 10.4 Å². The molecular weight excluding hydrogens is 316 g/mol. The van der Waals surface area contributed by atoms with Crippen LogP contribution >= 0.6 is 0 Å². The standard InChI is InChI=1S/C17H12O7/c18-7-12(22)15-16(23)14-11(21)5-10(20)6-13(14)24-17(15)8-1-3-9(19)4-2-8/h1-6,18-21H,7H2. The number of fused-ring (bicyclic) bond motifs is 1. The molecule has 0 saturated heterocycles. The van der Waals surface area contributed by atoms with Gasteiger partial charge in [-0.1, -0.05) is 0 Å². The molecule has 7 nitrogen and oxygen atoms in total. The van der Waals surface area contributed by atoms with E-state index in [0.29, 0.717) is 5.56 Å². The number of phenolic OH excluding ortho intramolecular Hbond substituents is 3. The Morgan fingerprint density at radius 1 is 1.00 bits per heavy atom. The van der Waals surface area contributed by atoms with Crippen LogP contribution in [0.25, 0.3) is 22.3 Å². The van der Waals surface area contributed by atoms with Crippen LogP contribution in [0.5, 0.6) is 17.2 Å². The number of carbonyl (C=O) groups is 1. The van der Waals surface area contributed by atoms with Gasteiger partial charge in [-0.25, -0.2) is 0 Å². The monoisotopic (exact) mass is 328 g/mol. The summed E-state index contributed by atoms with van der Waals surface area (Å²) in [7, 11) is 0. The number of Topliss-reactive ketones (excluding diaryl/α,β-unsaturated/α-hetero) is 1. The van der Waals surface area contributed by atoms with E-state index < -0.39 is 29.1 Å². The molecule has 1 heterocycles. The molecule has 7 heteroatoms. The molecule has 4 N–H and O–H groups in total. The summed E-state index contributed by atoms with van der Waals surface area (Å²) in [6, 6.07) is 7.62. The summed E-state index contributed by atoms with van der Waals surface area (Å²) in [6.45, 7) is -0.916. The normalized spacial score (nSPS) is 10.9. The number of ketones is 1. The molecule has 0 saturated carbocycles. The van der Waals surface area contributed by atoms with E-state index in [9.17, 15) is 24.9 Å². The van der Waals surface area contributed by atoms with Crippen LogP contribution in [0.4, 0.5) is 0 Å². The molecule has 0 aliphatic rings. The highest BCUT2D eigenvalue weighted by Gasteiger charge is 2.23. The third kappa shape index (κ3) is 2.46. The minimum atomic E-state index is -0.916. The molecule has 3 aromatic rings. The molecule has 24 heavy (non-hydrogen) atoms. The number of aliphatic hydroxyl groups is 1. The fourth-order valence-electron chi connectivity index (χ4n) is 2.43. The Morgan fingerprint density at radius 2 is 1.67 bits per heavy atom. The predicted molar refractivity (Wildman–Crippen MR) is 84.3 cm³/mol. The lowest BCUT2D eigenvalue weighted by Crippen LogP contribution is -2.19. The average molecular weight is 328 g/mol. The molecule has 0 amide bonds. The predicted octanol–water partition coefficient (Wildman–Crippen LogP) is 1.75. The smallest absolute Gasteiger partial charge is 0.208 e. The van der Waals surface area contributed by atoms with Crippen LogP contribution in [0.15, 0.2) is 45.6 Å². The van der Waals surface area contributed by atoms with Crippen LogP contribution in [0, 0.1) is 0 Å². The van der Waals surface area contributed by atoms with Crippen LogP contribution < -0.4 is 5.43 Å². The zero-order valence-electron chi connectivity index (χ0n) is 12.2. The van der Waals surface area contributed by atoms with Gasteiger partial charge in [0.1, 0.15) is 46.1 Å². The number of benzene rings is 2. The summed E-state index contributed by atoms with van der Waals surface area (Å²) < 4.78 is 5.55. The van der Waals surface area contributed by atoms with Gasteiger partial charge in [-0.3, -0.25) is 9.59 Å². The van der Waals surface area contributed by atoms with Gasteiger partial charge in [0.15, 0.2) is 5.78 Å². The van der Waals surface area contributed by atoms with E-state index in [1.165, 1.54) is 24.3 Å². The molecule has 0 fully saturated rings. The molecule has 122 valence electrons. The van der Waals surface area contributed by atoms with Gasteiger partial charge in [0.25, 0.3) is 0 Å². The van der Waals surface area contributed by atoms with Gasteiger partial charge in [-0.15, -0.1) is 0 Å². The van der Waals surface area contributed by atoms with Crippen LogP contribution in [0.2, 0.25) is 0 Å². The second-order valence-corrected chi connectivity index (χ2v) is 5.10. The summed E-state index contributed by atoms with van der Waals surface area (Å²) >= 11 is 0. The van der Waals surface area contributed by atoms with Gasteiger partial charge in [0.2, 0.25) is 5.43 Å². The summed E-state index contributed by atoms with van der Waals surface area (Å²) in [5, 5.41) is 37.7. The Balaban J connectivity index is 2.44. The highest BCUT2D eigenvalue weighted by atomic mass is 16.3. The van der Waals surface area contributed by atoms with Gasteiger partial charge in [0.05, 0.1) is 0 Å². The van der Waals surface area contributed by atoms with Crippen LogP contribution in [0.3, 0.4) is 0 Å². The van der Waals surface area contributed by atoms with E-state index in [4.69, 9.17) is 9.52 Å². The summed E-state index contributed by atoms with van der Waals surface area (Å²) in [5.74, 6) is -1.88. The van der Waals surface area contributed by atoms with E-state index in [2.05, 4.69) is 0 Å². The van der Waals surface area contributed by atoms with Crippen molar-refractivity contribution in [3.8, 4) is 28.6 Å². The Labute approximate surface area is 134 Å². The molecule has 0 unspecified atom stereocenters. The van der Waals surface area contributed by atoms with Crippen molar-refractivity contribution in [2.24, 2.45) is 0 Å². The molecule has 3 rings (SSSR count). The molecule has 0 aliphatic heterocycles. The Hall–Kier alpha value is -3.32. The maximum atomic E-state index is 12.6. The summed E-state index contributed by atoms with van der Waals surface area (Å²) in [6.07, 6.45) is 0. The van der Waals surface area contributed by atoms with Gasteiger partial charge in [-0.05, 0) is 24.3 Å². The number of aromatic hydroxyl groups is 3. The van der Waals surface area contributed by atoms with Crippen LogP contribution in [-0.2, 0) is 0 Å². The summed E-state index contributed by atoms with van der Waals surface area (Å²) in [5.41, 5.74) is -1.05. The second kappa shape index (κ2) is 5.71. The van der Waals surface area contributed by atoms with Gasteiger partial charge in [0, 0.05) is 17.7 Å². The van der Waals surface area contributed by atoms with Gasteiger partial charge >= 0.3 is 0 Å². The molecule has 2 aromatic carbocycles. The number of phenols is 3. The molecule has 0 spiro atoms. The van der Waals surface area contributed by atoms with E-state index in [0.717, 1.165) is 12.1 Å². The Bertz CT molecular complexity index is 1000. The fraction of sp³-hybridized carbons (Fsp3) is 0.0588. The number of hydrogen-bond acceptors (Lipinski definition) is 7. The first-order chi connectivity index (χ1) is 11.4. The lowest BCUT2D eigenvalue weighted by molar-refractivity contribution is 0.0902. The van der Waals surface area contributed by atoms with Gasteiger partial charge in [-0.2, -0.15) is 0 Å². The second-order valence-electron chi connectivity index (χ2n) is 5.10. The van der Waals surface area contributed by atoms with E-state index in [1.54, 1.807) is 0 Å². The first-order valence-electron chi connectivity index (χ1n) is 6.88. The zero-order chi connectivity index (χ0) is 17.4. The highest BCUT2D eigenvalue weighted by molar-refractivity contribution is 6.04. The minimum absolute atomic E-state index is 0.0211. The van der Waals surface area contributed by atoms with Crippen molar-refractivity contribution < 1.29 is 29.6 Å². The lowest BCUT2D eigenvalue weighted by atomic mass is 10.0. The Morgan fingerprint density at radius 3 is 2.29 bits per heavy atom. The molecule has 1 aromatic heterocycles. The summed E-state index contributed by atoms with van der Waals surface area (Å²) in [4.78, 5) is 24.7. The number of aliphatic hydroxyl groups excluding tert-OH is 1. The molecule has 0 radical (unpaired) electrons. The average Bonchev–Trinajstić information content (AvgIpc) is 2.53. The fourth-order valence-corrected chi connectivity index (χ4v) is 2.43. The van der Waals surface area contributed by atoms with Crippen molar-refractivity contribution in [1.82, 2.24) is 0 Å². The Kier molecular flexibility index (Phi) is 3.70. The van der Waals surface area contributed by atoms with E-state index in [1.807, 2.05) is 0 Å². The SMILES string of the molecule is O=C(CO)c1c(-c2ccc(O)cc2)oc2cc(O)cc(O)c2c1=O. The molecule has 0 atom stereocenters. The van der Waals surface area contributed by atoms with Crippen molar-refractivity contribution >= 4 is 16.8 Å². The number of carbonyl (C=O) groups excluding carboxylic acids is 1. The van der Waals surface area contributed by atoms with Crippen molar-refractivity contribution in [3.05, 3.63) is 52.2 Å². The van der Waals surface area contributed by atoms with Gasteiger partial charge < -0.3 is 24.8 Å². The number of hydrogen-bond donors (Lipinski definition) is 4. The van der Waals surface area contributed by atoms with E-state index in [-0.39, 0.29) is 28.2 Å². The topological polar surface area (TPSA) is 128 Å². The first kappa shape index (κ1) is 15.6. The molecule has 0 aliphatic carbocycles. The lowest BCUT2D eigenvalue weighted by Gasteiger charge is -2.10. The van der Waals surface area contributed by atoms with Crippen molar-refractivity contribution in [2.45, 2.75) is 0 Å². The van der Waals surface area contributed by atoms with E-state index >= 15 is 0 Å². The van der Waals surface area contributed by atoms with Crippen molar-refractivity contribution in [3.63, 3.8) is 0 Å². The maximum absolute atomic E-state index is 12.6.